The van der Waals surface area contributed by atoms with E-state index >= 15 is 0 Å². The number of imidazole rings is 1. The summed E-state index contributed by atoms with van der Waals surface area (Å²) in [5.74, 6) is -0.394. The Morgan fingerprint density at radius 3 is 2.79 bits per heavy atom. The normalized spacial score (nSPS) is 11.1. The van der Waals surface area contributed by atoms with E-state index in [9.17, 15) is 4.39 Å². The predicted molar refractivity (Wildman–Crippen MR) is 78.2 cm³/mol. The molecule has 0 saturated carbocycles. The van der Waals surface area contributed by atoms with Gasteiger partial charge in [-0.25, -0.2) is 9.37 Å². The number of nitrogen functional groups attached to an aromatic ring is 1. The predicted octanol–water partition coefficient (Wildman–Crippen LogP) is 4.16. The van der Waals surface area contributed by atoms with Crippen LogP contribution in [0.4, 0.5) is 10.1 Å². The zero-order valence-electron chi connectivity index (χ0n) is 9.57. The van der Waals surface area contributed by atoms with Gasteiger partial charge >= 0.3 is 0 Å². The van der Waals surface area contributed by atoms with Gasteiger partial charge in [0.1, 0.15) is 12.1 Å². The zero-order chi connectivity index (χ0) is 13.6. The van der Waals surface area contributed by atoms with Gasteiger partial charge in [-0.2, -0.15) is 0 Å². The zero-order valence-corrected chi connectivity index (χ0v) is 11.9. The van der Waals surface area contributed by atoms with Gasteiger partial charge in [-0.3, -0.25) is 4.57 Å². The van der Waals surface area contributed by atoms with Crippen LogP contribution in [0.2, 0.25) is 5.02 Å². The quantitative estimate of drug-likeness (QED) is 0.676. The van der Waals surface area contributed by atoms with Gasteiger partial charge in [-0.1, -0.05) is 11.6 Å². The molecule has 1 heterocycles. The molecule has 3 aromatic rings. The van der Waals surface area contributed by atoms with Gasteiger partial charge < -0.3 is 5.73 Å². The average molecular weight is 341 g/mol. The van der Waals surface area contributed by atoms with Crippen LogP contribution >= 0.6 is 27.5 Å². The molecule has 6 heteroatoms. The van der Waals surface area contributed by atoms with Crippen LogP contribution in [0, 0.1) is 5.82 Å². The van der Waals surface area contributed by atoms with Crippen molar-refractivity contribution in [2.75, 3.05) is 5.73 Å². The molecule has 3 nitrogen and oxygen atoms in total. The highest BCUT2D eigenvalue weighted by Crippen LogP contribution is 2.32. The summed E-state index contributed by atoms with van der Waals surface area (Å²) in [4.78, 5) is 4.27. The van der Waals surface area contributed by atoms with Crippen molar-refractivity contribution in [3.8, 4) is 5.69 Å². The maximum atomic E-state index is 13.3. The Hall–Kier alpha value is -1.59. The molecule has 0 atom stereocenters. The standard InChI is InChI=1S/C13H8BrClFN3/c14-9-3-7(16)4-10(15)13(9)19-6-18-11-5-8(17)1-2-12(11)19/h1-6H,17H2. The molecular formula is C13H8BrClFN3. The Bertz CT molecular complexity index is 762. The van der Waals surface area contributed by atoms with Crippen molar-refractivity contribution in [3.05, 3.63) is 52.0 Å². The Kier molecular flexibility index (Phi) is 2.95. The minimum atomic E-state index is -0.394. The fraction of sp³-hybridized carbons (Fsp3) is 0. The molecule has 0 spiro atoms. The molecular weight excluding hydrogens is 333 g/mol. The van der Waals surface area contributed by atoms with Gasteiger partial charge in [-0.05, 0) is 46.3 Å². The second-order valence-electron chi connectivity index (χ2n) is 4.08. The molecule has 0 aliphatic rings. The Labute approximate surface area is 121 Å². The molecule has 19 heavy (non-hydrogen) atoms. The number of hydrogen-bond acceptors (Lipinski definition) is 2. The molecule has 96 valence electrons. The van der Waals surface area contributed by atoms with Crippen LogP contribution in [0.25, 0.3) is 16.7 Å². The number of nitrogens with two attached hydrogens (primary N) is 1. The van der Waals surface area contributed by atoms with Gasteiger partial charge in [0.2, 0.25) is 0 Å². The van der Waals surface area contributed by atoms with Crippen LogP contribution < -0.4 is 5.73 Å². The van der Waals surface area contributed by atoms with Crippen molar-refractivity contribution in [1.29, 1.82) is 0 Å². The third-order valence-corrected chi connectivity index (χ3v) is 3.69. The summed E-state index contributed by atoms with van der Waals surface area (Å²) in [7, 11) is 0. The molecule has 0 bridgehead atoms. The van der Waals surface area contributed by atoms with Crippen molar-refractivity contribution in [2.45, 2.75) is 0 Å². The van der Waals surface area contributed by atoms with E-state index in [-0.39, 0.29) is 0 Å². The van der Waals surface area contributed by atoms with Gasteiger partial charge in [0.05, 0.1) is 21.7 Å². The van der Waals surface area contributed by atoms with E-state index in [1.807, 2.05) is 6.07 Å². The molecule has 3 rings (SSSR count). The SMILES string of the molecule is Nc1ccc2c(c1)ncn2-c1c(Cl)cc(F)cc1Br. The van der Waals surface area contributed by atoms with E-state index in [0.717, 1.165) is 11.0 Å². The molecule has 1 aromatic heterocycles. The number of benzene rings is 2. The van der Waals surface area contributed by atoms with Crippen LogP contribution in [0.15, 0.2) is 41.1 Å². The smallest absolute Gasteiger partial charge is 0.125 e. The number of halogens is 3. The van der Waals surface area contributed by atoms with Crippen molar-refractivity contribution < 1.29 is 4.39 Å². The molecule has 0 fully saturated rings. The maximum Gasteiger partial charge on any atom is 0.125 e. The topological polar surface area (TPSA) is 43.8 Å². The lowest BCUT2D eigenvalue weighted by Crippen LogP contribution is -1.96. The van der Waals surface area contributed by atoms with E-state index in [4.69, 9.17) is 17.3 Å². The maximum absolute atomic E-state index is 13.3. The van der Waals surface area contributed by atoms with E-state index < -0.39 is 5.82 Å². The highest BCUT2D eigenvalue weighted by atomic mass is 79.9. The van der Waals surface area contributed by atoms with Crippen LogP contribution in [-0.2, 0) is 0 Å². The number of fused-ring (bicyclic) bond motifs is 1. The molecule has 2 aromatic carbocycles. The molecule has 0 saturated heterocycles. The highest BCUT2D eigenvalue weighted by Gasteiger charge is 2.13. The van der Waals surface area contributed by atoms with Crippen LogP contribution in [0.5, 0.6) is 0 Å². The monoisotopic (exact) mass is 339 g/mol. The second kappa shape index (κ2) is 4.51. The van der Waals surface area contributed by atoms with Gasteiger partial charge in [0.25, 0.3) is 0 Å². The Morgan fingerprint density at radius 1 is 1.26 bits per heavy atom. The van der Waals surface area contributed by atoms with E-state index in [1.165, 1.54) is 12.1 Å². The lowest BCUT2D eigenvalue weighted by Gasteiger charge is -2.09. The first kappa shape index (κ1) is 12.4. The average Bonchev–Trinajstić information content (AvgIpc) is 2.71. The summed E-state index contributed by atoms with van der Waals surface area (Å²) in [5, 5.41) is 0.308. The van der Waals surface area contributed by atoms with Gasteiger partial charge in [0.15, 0.2) is 0 Å². The summed E-state index contributed by atoms with van der Waals surface area (Å²) in [6.07, 6.45) is 1.63. The first-order chi connectivity index (χ1) is 9.06. The van der Waals surface area contributed by atoms with E-state index in [0.29, 0.717) is 20.9 Å². The number of rotatable bonds is 1. The number of aromatic nitrogens is 2. The number of hydrogen-bond donors (Lipinski definition) is 1. The lowest BCUT2D eigenvalue weighted by molar-refractivity contribution is 0.626. The van der Waals surface area contributed by atoms with Gasteiger partial charge in [0, 0.05) is 10.2 Å². The first-order valence-corrected chi connectivity index (χ1v) is 6.61. The van der Waals surface area contributed by atoms with Crippen molar-refractivity contribution in [2.24, 2.45) is 0 Å². The fourth-order valence-electron chi connectivity index (χ4n) is 1.97. The summed E-state index contributed by atoms with van der Waals surface area (Å²) in [6, 6.07) is 8.04. The molecule has 0 aliphatic heterocycles. The summed E-state index contributed by atoms with van der Waals surface area (Å²) >= 11 is 9.44. The van der Waals surface area contributed by atoms with Crippen molar-refractivity contribution >= 4 is 44.3 Å². The molecule has 2 N–H and O–H groups in total. The third-order valence-electron chi connectivity index (χ3n) is 2.79. The summed E-state index contributed by atoms with van der Waals surface area (Å²) in [5.41, 5.74) is 8.61. The minimum absolute atomic E-state index is 0.308. The molecule has 0 unspecified atom stereocenters. The second-order valence-corrected chi connectivity index (χ2v) is 5.34. The summed E-state index contributed by atoms with van der Waals surface area (Å²) < 4.78 is 15.6. The molecule has 0 aliphatic carbocycles. The Balaban J connectivity index is 2.31. The number of nitrogens with zero attached hydrogens (tertiary/aromatic N) is 2. The largest absolute Gasteiger partial charge is 0.399 e. The van der Waals surface area contributed by atoms with Crippen molar-refractivity contribution in [3.63, 3.8) is 0 Å². The van der Waals surface area contributed by atoms with Crippen molar-refractivity contribution in [1.82, 2.24) is 9.55 Å². The molecule has 0 radical (unpaired) electrons. The lowest BCUT2D eigenvalue weighted by atomic mass is 10.2. The third kappa shape index (κ3) is 2.09. The van der Waals surface area contributed by atoms with Crippen LogP contribution in [0.1, 0.15) is 0 Å². The van der Waals surface area contributed by atoms with E-state index in [2.05, 4.69) is 20.9 Å². The van der Waals surface area contributed by atoms with Gasteiger partial charge in [-0.15, -0.1) is 0 Å². The minimum Gasteiger partial charge on any atom is -0.399 e. The molecule has 0 amide bonds. The fourth-order valence-corrected chi connectivity index (χ4v) is 3.01. The van der Waals surface area contributed by atoms with Crippen LogP contribution in [0.3, 0.4) is 0 Å². The first-order valence-electron chi connectivity index (χ1n) is 5.44. The Morgan fingerprint density at radius 2 is 2.05 bits per heavy atom. The van der Waals surface area contributed by atoms with Crippen LogP contribution in [-0.4, -0.2) is 9.55 Å². The summed E-state index contributed by atoms with van der Waals surface area (Å²) in [6.45, 7) is 0. The number of anilines is 1. The van der Waals surface area contributed by atoms with E-state index in [1.54, 1.807) is 23.0 Å². The highest BCUT2D eigenvalue weighted by molar-refractivity contribution is 9.10.